The number of hydrazine groups is 1. The minimum Gasteiger partial charge on any atom is -0.483 e. The van der Waals surface area contributed by atoms with Gasteiger partial charge in [-0.3, -0.25) is 20.4 Å². The number of ether oxygens (including phenoxy) is 1. The number of benzene rings is 1. The van der Waals surface area contributed by atoms with Crippen LogP contribution in [0.25, 0.3) is 0 Å². The summed E-state index contributed by atoms with van der Waals surface area (Å²) >= 11 is 8.47. The maximum atomic E-state index is 11.9. The van der Waals surface area contributed by atoms with Gasteiger partial charge < -0.3 is 10.1 Å². The van der Waals surface area contributed by atoms with Crippen LogP contribution < -0.4 is 20.9 Å². The molecule has 2 amide bonds. The summed E-state index contributed by atoms with van der Waals surface area (Å²) in [6, 6.07) is 5.77. The van der Waals surface area contributed by atoms with Crippen molar-refractivity contribution in [2.75, 3.05) is 6.61 Å². The van der Waals surface area contributed by atoms with Crippen molar-refractivity contribution in [2.24, 2.45) is 5.92 Å². The molecule has 2 rings (SSSR count). The SMILES string of the molecule is CC(C)c1ccc(OCC(=O)NNC(=S)NC(=O)CC2CCCC2)c(Br)c1. The van der Waals surface area contributed by atoms with Crippen molar-refractivity contribution < 1.29 is 14.3 Å². The van der Waals surface area contributed by atoms with Crippen LogP contribution in [0.5, 0.6) is 5.75 Å². The Labute approximate surface area is 173 Å². The van der Waals surface area contributed by atoms with E-state index in [2.05, 4.69) is 45.9 Å². The molecule has 148 valence electrons. The van der Waals surface area contributed by atoms with E-state index in [9.17, 15) is 9.59 Å². The Morgan fingerprint density at radius 2 is 1.93 bits per heavy atom. The molecule has 1 aromatic carbocycles. The van der Waals surface area contributed by atoms with Crippen LogP contribution in [-0.4, -0.2) is 23.5 Å². The van der Waals surface area contributed by atoms with Crippen LogP contribution in [0.2, 0.25) is 0 Å². The third-order valence-corrected chi connectivity index (χ3v) is 5.32. The molecule has 8 heteroatoms. The summed E-state index contributed by atoms with van der Waals surface area (Å²) in [5, 5.41) is 2.66. The summed E-state index contributed by atoms with van der Waals surface area (Å²) in [7, 11) is 0. The van der Waals surface area contributed by atoms with E-state index in [1.807, 2.05) is 18.2 Å². The Hall–Kier alpha value is -1.67. The highest BCUT2D eigenvalue weighted by molar-refractivity contribution is 9.10. The summed E-state index contributed by atoms with van der Waals surface area (Å²) in [6.07, 6.45) is 5.03. The number of rotatable bonds is 6. The maximum absolute atomic E-state index is 11.9. The molecule has 1 aliphatic carbocycles. The van der Waals surface area contributed by atoms with Gasteiger partial charge in [-0.1, -0.05) is 32.8 Å². The van der Waals surface area contributed by atoms with Gasteiger partial charge in [0.25, 0.3) is 5.91 Å². The lowest BCUT2D eigenvalue weighted by molar-refractivity contribution is -0.124. The monoisotopic (exact) mass is 455 g/mol. The highest BCUT2D eigenvalue weighted by atomic mass is 79.9. The number of thiocarbonyl (C=S) groups is 1. The number of carbonyl (C=O) groups excluding carboxylic acids is 2. The summed E-state index contributed by atoms with van der Waals surface area (Å²) in [5.74, 6) is 0.910. The number of nitrogens with one attached hydrogen (secondary N) is 3. The van der Waals surface area contributed by atoms with Crippen molar-refractivity contribution in [1.82, 2.24) is 16.2 Å². The molecule has 0 aromatic heterocycles. The molecule has 0 radical (unpaired) electrons. The van der Waals surface area contributed by atoms with Crippen LogP contribution in [0.3, 0.4) is 0 Å². The smallest absolute Gasteiger partial charge is 0.276 e. The Balaban J connectivity index is 1.68. The standard InChI is InChI=1S/C19H26BrN3O3S/c1-12(2)14-7-8-16(15(20)10-14)26-11-18(25)22-23-19(27)21-17(24)9-13-5-3-4-6-13/h7-8,10,12-13H,3-6,9,11H2,1-2H3,(H,22,25)(H2,21,23,24,27). The van der Waals surface area contributed by atoms with Gasteiger partial charge in [0.15, 0.2) is 11.7 Å². The first kappa shape index (κ1) is 21.6. The Bertz CT molecular complexity index is 691. The third-order valence-electron chi connectivity index (χ3n) is 4.50. The molecular formula is C19H26BrN3O3S. The molecule has 0 heterocycles. The van der Waals surface area contributed by atoms with E-state index in [0.29, 0.717) is 24.0 Å². The average molecular weight is 456 g/mol. The molecule has 1 fully saturated rings. The van der Waals surface area contributed by atoms with Gasteiger partial charge in [-0.25, -0.2) is 0 Å². The van der Waals surface area contributed by atoms with Crippen molar-refractivity contribution in [3.05, 3.63) is 28.2 Å². The van der Waals surface area contributed by atoms with Crippen molar-refractivity contribution >= 4 is 45.1 Å². The van der Waals surface area contributed by atoms with Crippen LogP contribution in [0.4, 0.5) is 0 Å². The highest BCUT2D eigenvalue weighted by Crippen LogP contribution is 2.29. The lowest BCUT2D eigenvalue weighted by atomic mass is 10.0. The summed E-state index contributed by atoms with van der Waals surface area (Å²) in [6.45, 7) is 4.04. The zero-order valence-electron chi connectivity index (χ0n) is 15.6. The molecule has 1 saturated carbocycles. The number of carbonyl (C=O) groups is 2. The van der Waals surface area contributed by atoms with Gasteiger partial charge in [-0.15, -0.1) is 0 Å². The van der Waals surface area contributed by atoms with Gasteiger partial charge in [-0.2, -0.15) is 0 Å². The molecule has 6 nitrogen and oxygen atoms in total. The summed E-state index contributed by atoms with van der Waals surface area (Å²) in [4.78, 5) is 23.8. The second kappa shape index (κ2) is 10.6. The minimum atomic E-state index is -0.401. The van der Waals surface area contributed by atoms with Crippen molar-refractivity contribution in [2.45, 2.75) is 51.9 Å². The van der Waals surface area contributed by atoms with Crippen LogP contribution in [0.15, 0.2) is 22.7 Å². The number of hydrogen-bond acceptors (Lipinski definition) is 4. The Kier molecular flexibility index (Phi) is 8.50. The van der Waals surface area contributed by atoms with Crippen LogP contribution in [-0.2, 0) is 9.59 Å². The summed E-state index contributed by atoms with van der Waals surface area (Å²) < 4.78 is 6.30. The molecule has 0 unspecified atom stereocenters. The lowest BCUT2D eigenvalue weighted by Crippen LogP contribution is -2.49. The number of hydrogen-bond donors (Lipinski definition) is 3. The quantitative estimate of drug-likeness (QED) is 0.451. The normalized spacial score (nSPS) is 14.1. The predicted molar refractivity (Wildman–Crippen MR) is 112 cm³/mol. The molecule has 1 aliphatic rings. The molecular weight excluding hydrogens is 430 g/mol. The average Bonchev–Trinajstić information content (AvgIpc) is 3.11. The van der Waals surface area contributed by atoms with Crippen LogP contribution >= 0.6 is 28.1 Å². The molecule has 0 bridgehead atoms. The van der Waals surface area contributed by atoms with Gasteiger partial charge in [0, 0.05) is 6.42 Å². The first-order chi connectivity index (χ1) is 12.8. The molecule has 3 N–H and O–H groups in total. The van der Waals surface area contributed by atoms with Crippen molar-refractivity contribution in [3.8, 4) is 5.75 Å². The summed E-state index contributed by atoms with van der Waals surface area (Å²) in [5.41, 5.74) is 6.12. The van der Waals surface area contributed by atoms with Crippen molar-refractivity contribution in [1.29, 1.82) is 0 Å². The fraction of sp³-hybridized carbons (Fsp3) is 0.526. The van der Waals surface area contributed by atoms with E-state index in [1.54, 1.807) is 0 Å². The zero-order valence-corrected chi connectivity index (χ0v) is 18.0. The molecule has 0 aliphatic heterocycles. The topological polar surface area (TPSA) is 79.5 Å². The molecule has 0 saturated heterocycles. The van der Waals surface area contributed by atoms with E-state index in [0.717, 1.165) is 17.3 Å². The fourth-order valence-corrected chi connectivity index (χ4v) is 3.66. The van der Waals surface area contributed by atoms with E-state index in [-0.39, 0.29) is 17.6 Å². The largest absolute Gasteiger partial charge is 0.483 e. The highest BCUT2D eigenvalue weighted by Gasteiger charge is 2.19. The Morgan fingerprint density at radius 1 is 1.22 bits per heavy atom. The van der Waals surface area contributed by atoms with Gasteiger partial charge in [-0.05, 0) is 70.5 Å². The van der Waals surface area contributed by atoms with E-state index < -0.39 is 5.91 Å². The first-order valence-corrected chi connectivity index (χ1v) is 10.4. The zero-order chi connectivity index (χ0) is 19.8. The molecule has 27 heavy (non-hydrogen) atoms. The number of halogens is 1. The molecule has 1 aromatic rings. The molecule has 0 spiro atoms. The molecule has 0 atom stereocenters. The second-order valence-corrected chi connectivity index (χ2v) is 8.30. The predicted octanol–water partition coefficient (Wildman–Crippen LogP) is 3.55. The van der Waals surface area contributed by atoms with E-state index in [1.165, 1.54) is 18.4 Å². The van der Waals surface area contributed by atoms with Gasteiger partial charge >= 0.3 is 0 Å². The van der Waals surface area contributed by atoms with Gasteiger partial charge in [0.05, 0.1) is 4.47 Å². The minimum absolute atomic E-state index is 0.0776. The Morgan fingerprint density at radius 3 is 2.56 bits per heavy atom. The van der Waals surface area contributed by atoms with Crippen LogP contribution in [0, 0.1) is 5.92 Å². The van der Waals surface area contributed by atoms with Gasteiger partial charge in [0.2, 0.25) is 5.91 Å². The first-order valence-electron chi connectivity index (χ1n) is 9.16. The van der Waals surface area contributed by atoms with E-state index >= 15 is 0 Å². The van der Waals surface area contributed by atoms with Crippen LogP contribution in [0.1, 0.15) is 57.4 Å². The lowest BCUT2D eigenvalue weighted by Gasteiger charge is -2.14. The van der Waals surface area contributed by atoms with Gasteiger partial charge in [0.1, 0.15) is 5.75 Å². The van der Waals surface area contributed by atoms with E-state index in [4.69, 9.17) is 17.0 Å². The maximum Gasteiger partial charge on any atom is 0.276 e. The number of amides is 2. The fourth-order valence-electron chi connectivity index (χ4n) is 2.98. The van der Waals surface area contributed by atoms with Crippen molar-refractivity contribution in [3.63, 3.8) is 0 Å². The third kappa shape index (κ3) is 7.46. The second-order valence-electron chi connectivity index (χ2n) is 7.04.